The van der Waals surface area contributed by atoms with Gasteiger partial charge in [0, 0.05) is 5.02 Å². The van der Waals surface area contributed by atoms with E-state index in [9.17, 15) is 4.39 Å². The van der Waals surface area contributed by atoms with Crippen LogP contribution in [0.15, 0.2) is 30.3 Å². The number of fused-ring (bicyclic) bond motifs is 1. The lowest BCUT2D eigenvalue weighted by atomic mass is 9.97. The van der Waals surface area contributed by atoms with Crippen molar-refractivity contribution in [3.8, 4) is 11.5 Å². The molecule has 1 aliphatic rings. The molecule has 1 unspecified atom stereocenters. The SMILES string of the molecule is Cc1cc(C(N)c2ccc3c(c2)OCCO3)c(Cl)cc1F. The van der Waals surface area contributed by atoms with Crippen LogP contribution in [0.3, 0.4) is 0 Å². The van der Waals surface area contributed by atoms with E-state index in [0.717, 1.165) is 5.56 Å². The van der Waals surface area contributed by atoms with Gasteiger partial charge in [0.15, 0.2) is 11.5 Å². The molecule has 21 heavy (non-hydrogen) atoms. The number of halogens is 2. The number of aryl methyl sites for hydroxylation is 1. The van der Waals surface area contributed by atoms with E-state index in [4.69, 9.17) is 26.8 Å². The predicted molar refractivity (Wildman–Crippen MR) is 79.6 cm³/mol. The smallest absolute Gasteiger partial charge is 0.161 e. The summed E-state index contributed by atoms with van der Waals surface area (Å²) in [6, 6.07) is 8.06. The van der Waals surface area contributed by atoms with Crippen LogP contribution >= 0.6 is 11.6 Å². The van der Waals surface area contributed by atoms with Crippen molar-refractivity contribution >= 4 is 11.6 Å². The number of benzene rings is 2. The number of ether oxygens (including phenoxy) is 2. The third-order valence-corrected chi connectivity index (χ3v) is 3.87. The van der Waals surface area contributed by atoms with Gasteiger partial charge in [0.2, 0.25) is 0 Å². The minimum atomic E-state index is -0.451. The van der Waals surface area contributed by atoms with Gasteiger partial charge in [-0.1, -0.05) is 17.7 Å². The first-order valence-corrected chi connectivity index (χ1v) is 7.04. The van der Waals surface area contributed by atoms with Crippen molar-refractivity contribution in [2.24, 2.45) is 5.73 Å². The summed E-state index contributed by atoms with van der Waals surface area (Å²) in [4.78, 5) is 0. The van der Waals surface area contributed by atoms with Crippen LogP contribution in [0.4, 0.5) is 4.39 Å². The van der Waals surface area contributed by atoms with Crippen LogP contribution in [-0.2, 0) is 0 Å². The third-order valence-electron chi connectivity index (χ3n) is 3.54. The topological polar surface area (TPSA) is 44.5 Å². The lowest BCUT2D eigenvalue weighted by Crippen LogP contribution is -2.17. The first-order chi connectivity index (χ1) is 10.1. The van der Waals surface area contributed by atoms with Crippen molar-refractivity contribution in [3.05, 3.63) is 57.9 Å². The Kier molecular flexibility index (Phi) is 3.74. The van der Waals surface area contributed by atoms with Crippen molar-refractivity contribution in [1.82, 2.24) is 0 Å². The average Bonchev–Trinajstić information content (AvgIpc) is 2.50. The maximum Gasteiger partial charge on any atom is 0.161 e. The number of hydrogen-bond donors (Lipinski definition) is 1. The second-order valence-corrected chi connectivity index (χ2v) is 5.41. The summed E-state index contributed by atoms with van der Waals surface area (Å²) in [5, 5.41) is 0.320. The van der Waals surface area contributed by atoms with E-state index in [1.807, 2.05) is 18.2 Å². The lowest BCUT2D eigenvalue weighted by molar-refractivity contribution is 0.171. The second kappa shape index (κ2) is 5.54. The van der Waals surface area contributed by atoms with E-state index in [1.165, 1.54) is 6.07 Å². The zero-order valence-corrected chi connectivity index (χ0v) is 12.3. The fraction of sp³-hybridized carbons (Fsp3) is 0.250. The maximum absolute atomic E-state index is 13.5. The minimum absolute atomic E-state index is 0.320. The van der Waals surface area contributed by atoms with E-state index < -0.39 is 6.04 Å². The molecule has 5 heteroatoms. The molecule has 0 fully saturated rings. The predicted octanol–water partition coefficient (Wildman–Crippen LogP) is 3.61. The Labute approximate surface area is 127 Å². The van der Waals surface area contributed by atoms with Crippen molar-refractivity contribution < 1.29 is 13.9 Å². The Balaban J connectivity index is 1.98. The van der Waals surface area contributed by atoms with Crippen LogP contribution < -0.4 is 15.2 Å². The number of hydrogen-bond acceptors (Lipinski definition) is 3. The number of rotatable bonds is 2. The van der Waals surface area contributed by atoms with Gasteiger partial charge in [-0.05, 0) is 47.9 Å². The van der Waals surface area contributed by atoms with Crippen LogP contribution in [0.1, 0.15) is 22.7 Å². The molecular weight excluding hydrogens is 293 g/mol. The van der Waals surface area contributed by atoms with Crippen molar-refractivity contribution in [2.75, 3.05) is 13.2 Å². The van der Waals surface area contributed by atoms with E-state index in [0.29, 0.717) is 40.9 Å². The van der Waals surface area contributed by atoms with Crippen LogP contribution in [0.5, 0.6) is 11.5 Å². The summed E-state index contributed by atoms with van der Waals surface area (Å²) in [7, 11) is 0. The summed E-state index contributed by atoms with van der Waals surface area (Å²) in [6.45, 7) is 2.75. The molecule has 0 aliphatic carbocycles. The van der Waals surface area contributed by atoms with Gasteiger partial charge in [0.25, 0.3) is 0 Å². The van der Waals surface area contributed by atoms with Gasteiger partial charge in [-0.25, -0.2) is 4.39 Å². The molecule has 3 nitrogen and oxygen atoms in total. The highest BCUT2D eigenvalue weighted by Gasteiger charge is 2.18. The largest absolute Gasteiger partial charge is 0.486 e. The highest BCUT2D eigenvalue weighted by Crippen LogP contribution is 2.35. The summed E-state index contributed by atoms with van der Waals surface area (Å²) in [5.41, 5.74) is 8.31. The molecular formula is C16H15ClFNO2. The van der Waals surface area contributed by atoms with Crippen molar-refractivity contribution in [1.29, 1.82) is 0 Å². The molecule has 2 N–H and O–H groups in total. The van der Waals surface area contributed by atoms with E-state index in [2.05, 4.69) is 0 Å². The van der Waals surface area contributed by atoms with Crippen LogP contribution in [0, 0.1) is 12.7 Å². The highest BCUT2D eigenvalue weighted by molar-refractivity contribution is 6.31. The molecule has 1 atom stereocenters. The third kappa shape index (κ3) is 2.69. The zero-order valence-electron chi connectivity index (χ0n) is 11.5. The summed E-state index contributed by atoms with van der Waals surface area (Å²) in [5.74, 6) is 1.04. The van der Waals surface area contributed by atoms with Gasteiger partial charge in [0.1, 0.15) is 19.0 Å². The molecule has 0 aromatic heterocycles. The van der Waals surface area contributed by atoms with Gasteiger partial charge in [-0.15, -0.1) is 0 Å². The van der Waals surface area contributed by atoms with E-state index in [1.54, 1.807) is 13.0 Å². The molecule has 110 valence electrons. The van der Waals surface area contributed by atoms with Crippen molar-refractivity contribution in [2.45, 2.75) is 13.0 Å². The Morgan fingerprint density at radius 1 is 1.14 bits per heavy atom. The Morgan fingerprint density at radius 3 is 2.62 bits per heavy atom. The monoisotopic (exact) mass is 307 g/mol. The fourth-order valence-corrected chi connectivity index (χ4v) is 2.62. The molecule has 0 radical (unpaired) electrons. The van der Waals surface area contributed by atoms with Crippen LogP contribution in [0.25, 0.3) is 0 Å². The summed E-state index contributed by atoms with van der Waals surface area (Å²) in [6.07, 6.45) is 0. The molecule has 1 aliphatic heterocycles. The number of nitrogens with two attached hydrogens (primary N) is 1. The molecule has 2 aromatic carbocycles. The minimum Gasteiger partial charge on any atom is -0.486 e. The normalized spacial score (nSPS) is 14.9. The standard InChI is InChI=1S/C16H15ClFNO2/c1-9-6-11(12(17)8-13(9)18)16(19)10-2-3-14-15(7-10)21-5-4-20-14/h2-3,6-8,16H,4-5,19H2,1H3. The molecule has 0 saturated heterocycles. The Hall–Kier alpha value is -1.78. The van der Waals surface area contributed by atoms with Gasteiger partial charge in [0.05, 0.1) is 6.04 Å². The molecule has 0 spiro atoms. The average molecular weight is 308 g/mol. The van der Waals surface area contributed by atoms with Gasteiger partial charge < -0.3 is 15.2 Å². The first kappa shape index (κ1) is 14.2. The molecule has 3 rings (SSSR count). The van der Waals surface area contributed by atoms with Crippen LogP contribution in [0.2, 0.25) is 5.02 Å². The Bertz CT molecular complexity index is 690. The quantitative estimate of drug-likeness (QED) is 0.922. The molecule has 0 bridgehead atoms. The molecule has 2 aromatic rings. The first-order valence-electron chi connectivity index (χ1n) is 6.67. The van der Waals surface area contributed by atoms with Gasteiger partial charge in [-0.3, -0.25) is 0 Å². The van der Waals surface area contributed by atoms with Crippen LogP contribution in [-0.4, -0.2) is 13.2 Å². The molecule has 0 saturated carbocycles. The summed E-state index contributed by atoms with van der Waals surface area (Å²) >= 11 is 6.11. The molecule has 0 amide bonds. The highest BCUT2D eigenvalue weighted by atomic mass is 35.5. The van der Waals surface area contributed by atoms with E-state index >= 15 is 0 Å². The van der Waals surface area contributed by atoms with Gasteiger partial charge in [-0.2, -0.15) is 0 Å². The lowest BCUT2D eigenvalue weighted by Gasteiger charge is -2.21. The van der Waals surface area contributed by atoms with Crippen molar-refractivity contribution in [3.63, 3.8) is 0 Å². The fourth-order valence-electron chi connectivity index (χ4n) is 2.35. The molecule has 1 heterocycles. The summed E-state index contributed by atoms with van der Waals surface area (Å²) < 4.78 is 24.5. The zero-order chi connectivity index (χ0) is 15.0. The van der Waals surface area contributed by atoms with Gasteiger partial charge >= 0.3 is 0 Å². The van der Waals surface area contributed by atoms with E-state index in [-0.39, 0.29) is 5.82 Å². The maximum atomic E-state index is 13.5. The second-order valence-electron chi connectivity index (χ2n) is 5.00. The Morgan fingerprint density at radius 2 is 1.86 bits per heavy atom.